The van der Waals surface area contributed by atoms with Crippen LogP contribution in [0.2, 0.25) is 0 Å². The molecule has 0 aromatic heterocycles. The van der Waals surface area contributed by atoms with Crippen molar-refractivity contribution in [3.8, 4) is 11.5 Å². The molecule has 2 aromatic carbocycles. The second kappa shape index (κ2) is 10.2. The maximum atomic E-state index is 12.3. The van der Waals surface area contributed by atoms with Crippen LogP contribution < -0.4 is 19.1 Å². The van der Waals surface area contributed by atoms with Crippen LogP contribution in [0.3, 0.4) is 0 Å². The molecule has 158 valence electrons. The first-order valence-electron chi connectivity index (χ1n) is 9.32. The van der Waals surface area contributed by atoms with E-state index in [-0.39, 0.29) is 19.7 Å². The van der Waals surface area contributed by atoms with Crippen molar-refractivity contribution in [1.29, 1.82) is 0 Å². The molecule has 8 heteroatoms. The first kappa shape index (κ1) is 22.5. The number of hydrogen-bond donors (Lipinski definition) is 1. The molecule has 0 bridgehead atoms. The molecular formula is C21H28N2O5S. The fraction of sp³-hybridized carbons (Fsp3) is 0.381. The van der Waals surface area contributed by atoms with Crippen LogP contribution in [-0.4, -0.2) is 47.4 Å². The Morgan fingerprint density at radius 2 is 1.76 bits per heavy atom. The van der Waals surface area contributed by atoms with Gasteiger partial charge in [-0.2, -0.15) is 0 Å². The molecule has 0 aliphatic rings. The van der Waals surface area contributed by atoms with E-state index >= 15 is 0 Å². The number of ether oxygens (including phenoxy) is 2. The lowest BCUT2D eigenvalue weighted by Gasteiger charge is -2.22. The molecule has 2 rings (SSSR count). The lowest BCUT2D eigenvalue weighted by molar-refractivity contribution is -0.119. The number of carbonyl (C=O) groups excluding carboxylic acids is 1. The maximum Gasteiger partial charge on any atom is 0.240 e. The van der Waals surface area contributed by atoms with E-state index in [1.165, 1.54) is 7.11 Å². The summed E-state index contributed by atoms with van der Waals surface area (Å²) >= 11 is 0. The van der Waals surface area contributed by atoms with Crippen LogP contribution in [0.5, 0.6) is 11.5 Å². The van der Waals surface area contributed by atoms with E-state index in [4.69, 9.17) is 9.47 Å². The topological polar surface area (TPSA) is 84.9 Å². The molecule has 0 radical (unpaired) electrons. The molecule has 29 heavy (non-hydrogen) atoms. The second-order valence-electron chi connectivity index (χ2n) is 6.86. The Morgan fingerprint density at radius 3 is 2.34 bits per heavy atom. The summed E-state index contributed by atoms with van der Waals surface area (Å²) < 4.78 is 36.2. The van der Waals surface area contributed by atoms with E-state index in [0.29, 0.717) is 17.4 Å². The predicted molar refractivity (Wildman–Crippen MR) is 114 cm³/mol. The van der Waals surface area contributed by atoms with Crippen molar-refractivity contribution in [2.75, 3.05) is 37.4 Å². The molecule has 0 heterocycles. The van der Waals surface area contributed by atoms with Crippen molar-refractivity contribution in [3.63, 3.8) is 0 Å². The summed E-state index contributed by atoms with van der Waals surface area (Å²) in [7, 11) is -2.09. The molecule has 0 spiro atoms. The van der Waals surface area contributed by atoms with Gasteiger partial charge in [0.25, 0.3) is 0 Å². The highest BCUT2D eigenvalue weighted by Crippen LogP contribution is 2.25. The Morgan fingerprint density at radius 1 is 1.10 bits per heavy atom. The molecule has 0 saturated heterocycles. The van der Waals surface area contributed by atoms with Crippen LogP contribution in [0.1, 0.15) is 25.3 Å². The summed E-state index contributed by atoms with van der Waals surface area (Å²) in [5, 5.41) is 2.70. The molecule has 1 amide bonds. The number of carbonyl (C=O) groups is 1. The highest BCUT2D eigenvalue weighted by Gasteiger charge is 2.20. The van der Waals surface area contributed by atoms with Gasteiger partial charge in [0.2, 0.25) is 15.9 Å². The van der Waals surface area contributed by atoms with Gasteiger partial charge < -0.3 is 14.8 Å². The van der Waals surface area contributed by atoms with Gasteiger partial charge in [-0.25, -0.2) is 8.42 Å². The largest absolute Gasteiger partial charge is 0.497 e. The van der Waals surface area contributed by atoms with Gasteiger partial charge in [0, 0.05) is 0 Å². The quantitative estimate of drug-likeness (QED) is 0.598. The molecular weight excluding hydrogens is 392 g/mol. The Hall–Kier alpha value is -2.74. The normalized spacial score (nSPS) is 11.2. The highest BCUT2D eigenvalue weighted by atomic mass is 32.2. The van der Waals surface area contributed by atoms with E-state index in [9.17, 15) is 13.2 Å². The monoisotopic (exact) mass is 420 g/mol. The lowest BCUT2D eigenvalue weighted by atomic mass is 10.0. The average Bonchev–Trinajstić information content (AvgIpc) is 2.69. The Labute approximate surface area is 172 Å². The minimum Gasteiger partial charge on any atom is -0.497 e. The number of rotatable bonds is 10. The average molecular weight is 421 g/mol. The van der Waals surface area contributed by atoms with Crippen LogP contribution in [0.25, 0.3) is 0 Å². The molecule has 0 fully saturated rings. The molecule has 7 nitrogen and oxygen atoms in total. The molecule has 0 saturated carbocycles. The highest BCUT2D eigenvalue weighted by molar-refractivity contribution is 7.92. The number of nitrogens with zero attached hydrogens (tertiary/aromatic N) is 1. The standard InChI is InChI=1S/C21H28N2O5S/c1-16(2)19-7-5-6-8-20(19)28-14-13-22-21(24)15-23(29(4,25)26)17-9-11-18(27-3)12-10-17/h5-12,16H,13-15H2,1-4H3,(H,22,24). The van der Waals surface area contributed by atoms with E-state index in [0.717, 1.165) is 21.9 Å². The number of hydrogen-bond acceptors (Lipinski definition) is 5. The number of methoxy groups -OCH3 is 1. The zero-order valence-electron chi connectivity index (χ0n) is 17.2. The summed E-state index contributed by atoms with van der Waals surface area (Å²) in [5.74, 6) is 1.30. The summed E-state index contributed by atoms with van der Waals surface area (Å²) in [4.78, 5) is 12.3. The van der Waals surface area contributed by atoms with E-state index in [1.807, 2.05) is 24.3 Å². The fourth-order valence-corrected chi connectivity index (χ4v) is 3.63. The summed E-state index contributed by atoms with van der Waals surface area (Å²) in [6.45, 7) is 4.42. The van der Waals surface area contributed by atoms with Gasteiger partial charge in [0.15, 0.2) is 0 Å². The minimum absolute atomic E-state index is 0.269. The predicted octanol–water partition coefficient (Wildman–Crippen LogP) is 2.78. The number of nitrogens with one attached hydrogen (secondary N) is 1. The number of sulfonamides is 1. The molecule has 0 unspecified atom stereocenters. The second-order valence-corrected chi connectivity index (χ2v) is 8.77. The number of para-hydroxylation sites is 1. The fourth-order valence-electron chi connectivity index (χ4n) is 2.78. The van der Waals surface area contributed by atoms with Gasteiger partial charge >= 0.3 is 0 Å². The van der Waals surface area contributed by atoms with Crippen molar-refractivity contribution >= 4 is 21.6 Å². The first-order valence-corrected chi connectivity index (χ1v) is 11.2. The molecule has 0 atom stereocenters. The van der Waals surface area contributed by atoms with Crippen LogP contribution in [0, 0.1) is 0 Å². The minimum atomic E-state index is -3.62. The Kier molecular flexibility index (Phi) is 7.90. The zero-order chi connectivity index (χ0) is 21.4. The van der Waals surface area contributed by atoms with Crippen LogP contribution >= 0.6 is 0 Å². The Bertz CT molecular complexity index is 911. The molecule has 2 aromatic rings. The van der Waals surface area contributed by atoms with Crippen LogP contribution in [0.4, 0.5) is 5.69 Å². The third-order valence-electron chi connectivity index (χ3n) is 4.27. The number of anilines is 1. The van der Waals surface area contributed by atoms with Gasteiger partial charge in [-0.05, 0) is 41.8 Å². The molecule has 1 N–H and O–H groups in total. The summed E-state index contributed by atoms with van der Waals surface area (Å²) in [5.41, 5.74) is 1.49. The van der Waals surface area contributed by atoms with Gasteiger partial charge in [-0.1, -0.05) is 32.0 Å². The van der Waals surface area contributed by atoms with E-state index in [1.54, 1.807) is 24.3 Å². The zero-order valence-corrected chi connectivity index (χ0v) is 18.0. The summed E-state index contributed by atoms with van der Waals surface area (Å²) in [6.07, 6.45) is 1.07. The molecule has 0 aliphatic carbocycles. The SMILES string of the molecule is COc1ccc(N(CC(=O)NCCOc2ccccc2C(C)C)S(C)(=O)=O)cc1. The van der Waals surface area contributed by atoms with Crippen molar-refractivity contribution in [1.82, 2.24) is 5.32 Å². The Balaban J connectivity index is 1.92. The lowest BCUT2D eigenvalue weighted by Crippen LogP contribution is -2.41. The van der Waals surface area contributed by atoms with Crippen molar-refractivity contribution in [3.05, 3.63) is 54.1 Å². The first-order chi connectivity index (χ1) is 13.7. The number of amides is 1. The van der Waals surface area contributed by atoms with E-state index < -0.39 is 15.9 Å². The third-order valence-corrected chi connectivity index (χ3v) is 5.41. The smallest absolute Gasteiger partial charge is 0.240 e. The van der Waals surface area contributed by atoms with Gasteiger partial charge in [0.1, 0.15) is 24.7 Å². The van der Waals surface area contributed by atoms with Crippen LogP contribution in [-0.2, 0) is 14.8 Å². The number of benzene rings is 2. The van der Waals surface area contributed by atoms with E-state index in [2.05, 4.69) is 19.2 Å². The van der Waals surface area contributed by atoms with Gasteiger partial charge in [0.05, 0.1) is 25.6 Å². The van der Waals surface area contributed by atoms with Crippen molar-refractivity contribution < 1.29 is 22.7 Å². The third kappa shape index (κ3) is 6.67. The van der Waals surface area contributed by atoms with Crippen LogP contribution in [0.15, 0.2) is 48.5 Å². The van der Waals surface area contributed by atoms with Crippen molar-refractivity contribution in [2.24, 2.45) is 0 Å². The summed E-state index contributed by atoms with van der Waals surface area (Å²) in [6, 6.07) is 14.3. The van der Waals surface area contributed by atoms with Gasteiger partial charge in [-0.15, -0.1) is 0 Å². The van der Waals surface area contributed by atoms with Crippen molar-refractivity contribution in [2.45, 2.75) is 19.8 Å². The maximum absolute atomic E-state index is 12.3. The van der Waals surface area contributed by atoms with Gasteiger partial charge in [-0.3, -0.25) is 9.10 Å². The molecule has 0 aliphatic heterocycles.